The molecule has 2 rings (SSSR count). The van der Waals surface area contributed by atoms with E-state index in [0.29, 0.717) is 0 Å². The molecule has 2 aromatic rings. The SMILES string of the molecule is O=C(O)c1cc(NS(=O)(=O)c2cccc([N+](=O)[O-])c2)ccn1. The van der Waals surface area contributed by atoms with Gasteiger partial charge in [0.2, 0.25) is 0 Å². The summed E-state index contributed by atoms with van der Waals surface area (Å²) in [6, 6.07) is 6.80. The summed E-state index contributed by atoms with van der Waals surface area (Å²) in [4.78, 5) is 24.0. The summed E-state index contributed by atoms with van der Waals surface area (Å²) < 4.78 is 26.5. The van der Waals surface area contributed by atoms with Gasteiger partial charge in [-0.3, -0.25) is 14.8 Å². The van der Waals surface area contributed by atoms with Gasteiger partial charge in [-0.25, -0.2) is 18.2 Å². The predicted octanol–water partition coefficient (Wildman–Crippen LogP) is 1.49. The summed E-state index contributed by atoms with van der Waals surface area (Å²) >= 11 is 0. The maximum Gasteiger partial charge on any atom is 0.354 e. The Labute approximate surface area is 124 Å². The van der Waals surface area contributed by atoms with Gasteiger partial charge in [0.25, 0.3) is 15.7 Å². The molecule has 9 nitrogen and oxygen atoms in total. The van der Waals surface area contributed by atoms with Gasteiger partial charge >= 0.3 is 5.97 Å². The Morgan fingerprint density at radius 3 is 2.64 bits per heavy atom. The lowest BCUT2D eigenvalue weighted by atomic mass is 10.3. The summed E-state index contributed by atoms with van der Waals surface area (Å²) in [6.45, 7) is 0. The lowest BCUT2D eigenvalue weighted by molar-refractivity contribution is -0.385. The Hall–Kier alpha value is -3.01. The van der Waals surface area contributed by atoms with Gasteiger partial charge < -0.3 is 5.11 Å². The van der Waals surface area contributed by atoms with E-state index in [1.165, 1.54) is 18.2 Å². The van der Waals surface area contributed by atoms with E-state index in [9.17, 15) is 23.3 Å². The van der Waals surface area contributed by atoms with E-state index in [1.807, 2.05) is 0 Å². The highest BCUT2D eigenvalue weighted by Gasteiger charge is 2.18. The van der Waals surface area contributed by atoms with Gasteiger partial charge in [-0.05, 0) is 18.2 Å². The minimum Gasteiger partial charge on any atom is -0.477 e. The molecule has 22 heavy (non-hydrogen) atoms. The van der Waals surface area contributed by atoms with E-state index in [-0.39, 0.29) is 22.0 Å². The number of nitro groups is 1. The second-order valence-electron chi connectivity index (χ2n) is 4.09. The van der Waals surface area contributed by atoms with Crippen LogP contribution in [0.5, 0.6) is 0 Å². The number of benzene rings is 1. The van der Waals surface area contributed by atoms with E-state index in [4.69, 9.17) is 5.11 Å². The molecule has 0 fully saturated rings. The molecule has 0 aliphatic carbocycles. The molecule has 0 unspecified atom stereocenters. The molecule has 1 heterocycles. The molecular formula is C12H9N3O6S. The fourth-order valence-corrected chi connectivity index (χ4v) is 2.68. The Bertz CT molecular complexity index is 849. The fourth-order valence-electron chi connectivity index (χ4n) is 1.59. The van der Waals surface area contributed by atoms with Gasteiger partial charge in [0.1, 0.15) is 5.69 Å². The van der Waals surface area contributed by atoms with Crippen LogP contribution in [0.2, 0.25) is 0 Å². The summed E-state index contributed by atoms with van der Waals surface area (Å²) in [6.07, 6.45) is 1.13. The molecule has 1 aromatic heterocycles. The van der Waals surface area contributed by atoms with Crippen LogP contribution in [0.3, 0.4) is 0 Å². The molecular weight excluding hydrogens is 314 g/mol. The lowest BCUT2D eigenvalue weighted by Gasteiger charge is -2.08. The van der Waals surface area contributed by atoms with E-state index in [0.717, 1.165) is 24.4 Å². The van der Waals surface area contributed by atoms with Crippen molar-refractivity contribution < 1.29 is 23.2 Å². The normalized spacial score (nSPS) is 10.9. The van der Waals surface area contributed by atoms with Crippen molar-refractivity contribution >= 4 is 27.4 Å². The average molecular weight is 323 g/mol. The fraction of sp³-hybridized carbons (Fsp3) is 0. The molecule has 0 amide bonds. The van der Waals surface area contributed by atoms with E-state index >= 15 is 0 Å². The van der Waals surface area contributed by atoms with Crippen LogP contribution in [0.15, 0.2) is 47.5 Å². The summed E-state index contributed by atoms with van der Waals surface area (Å²) in [5.41, 5.74) is -0.720. The summed E-state index contributed by atoms with van der Waals surface area (Å²) in [5.74, 6) is -1.31. The summed E-state index contributed by atoms with van der Waals surface area (Å²) in [7, 11) is -4.09. The third kappa shape index (κ3) is 3.35. The zero-order valence-electron chi connectivity index (χ0n) is 10.8. The van der Waals surface area contributed by atoms with Crippen LogP contribution in [0.25, 0.3) is 0 Å². The minimum absolute atomic E-state index is 0.0149. The maximum atomic E-state index is 12.2. The van der Waals surface area contributed by atoms with Crippen LogP contribution in [-0.2, 0) is 10.0 Å². The van der Waals surface area contributed by atoms with Crippen LogP contribution in [-0.4, -0.2) is 29.4 Å². The third-order valence-corrected chi connectivity index (χ3v) is 3.95. The van der Waals surface area contributed by atoms with Crippen LogP contribution in [0.1, 0.15) is 10.5 Å². The lowest BCUT2D eigenvalue weighted by Crippen LogP contribution is -2.14. The zero-order chi connectivity index (χ0) is 16.3. The van der Waals surface area contributed by atoms with Crippen molar-refractivity contribution in [3.63, 3.8) is 0 Å². The number of pyridine rings is 1. The number of carbonyl (C=O) groups is 1. The number of hydrogen-bond donors (Lipinski definition) is 2. The van der Waals surface area contributed by atoms with Crippen molar-refractivity contribution in [1.82, 2.24) is 4.98 Å². The maximum absolute atomic E-state index is 12.2. The highest BCUT2D eigenvalue weighted by atomic mass is 32.2. The molecule has 0 aliphatic rings. The van der Waals surface area contributed by atoms with E-state index < -0.39 is 20.9 Å². The first-order chi connectivity index (χ1) is 10.3. The Morgan fingerprint density at radius 1 is 1.27 bits per heavy atom. The number of rotatable bonds is 5. The number of hydrogen-bond acceptors (Lipinski definition) is 6. The number of nitrogens with zero attached hydrogens (tertiary/aromatic N) is 2. The number of aromatic nitrogens is 1. The van der Waals surface area contributed by atoms with Crippen LogP contribution in [0.4, 0.5) is 11.4 Å². The molecule has 0 atom stereocenters. The second kappa shape index (κ2) is 5.77. The molecule has 0 saturated heterocycles. The number of carboxylic acid groups (broad SMARTS) is 1. The molecule has 0 bridgehead atoms. The largest absolute Gasteiger partial charge is 0.477 e. The van der Waals surface area contributed by atoms with Crippen molar-refractivity contribution in [3.8, 4) is 0 Å². The molecule has 2 N–H and O–H groups in total. The number of non-ortho nitro benzene ring substituents is 1. The molecule has 114 valence electrons. The van der Waals surface area contributed by atoms with Crippen molar-refractivity contribution in [1.29, 1.82) is 0 Å². The van der Waals surface area contributed by atoms with Crippen molar-refractivity contribution in [3.05, 3.63) is 58.4 Å². The number of sulfonamides is 1. The quantitative estimate of drug-likeness (QED) is 0.627. The number of aromatic carboxylic acids is 1. The van der Waals surface area contributed by atoms with Crippen LogP contribution < -0.4 is 4.72 Å². The molecule has 1 aromatic carbocycles. The average Bonchev–Trinajstić information content (AvgIpc) is 2.47. The van der Waals surface area contributed by atoms with Gasteiger partial charge in [-0.1, -0.05) is 6.07 Å². The Morgan fingerprint density at radius 2 is 2.00 bits per heavy atom. The van der Waals surface area contributed by atoms with E-state index in [1.54, 1.807) is 0 Å². The van der Waals surface area contributed by atoms with Crippen molar-refractivity contribution in [2.24, 2.45) is 0 Å². The minimum atomic E-state index is -4.09. The number of anilines is 1. The second-order valence-corrected chi connectivity index (χ2v) is 5.78. The standard InChI is InChI=1S/C12H9N3O6S/c16-12(17)11-6-8(4-5-13-11)14-22(20,21)10-3-1-2-9(7-10)15(18)19/h1-7H,(H,13,14)(H,16,17). The zero-order valence-corrected chi connectivity index (χ0v) is 11.6. The molecule has 0 saturated carbocycles. The van der Waals surface area contributed by atoms with Gasteiger partial charge in [0.15, 0.2) is 0 Å². The molecule has 0 aliphatic heterocycles. The van der Waals surface area contributed by atoms with Gasteiger partial charge in [0, 0.05) is 18.3 Å². The highest BCUT2D eigenvalue weighted by molar-refractivity contribution is 7.92. The number of nitro benzene ring substituents is 1. The van der Waals surface area contributed by atoms with Crippen molar-refractivity contribution in [2.45, 2.75) is 4.90 Å². The first-order valence-corrected chi connectivity index (χ1v) is 7.24. The molecule has 0 radical (unpaired) electrons. The van der Waals surface area contributed by atoms with Gasteiger partial charge in [-0.15, -0.1) is 0 Å². The summed E-state index contributed by atoms with van der Waals surface area (Å²) in [5, 5.41) is 19.5. The van der Waals surface area contributed by atoms with Crippen LogP contribution in [0, 0.1) is 10.1 Å². The van der Waals surface area contributed by atoms with Crippen molar-refractivity contribution in [2.75, 3.05) is 4.72 Å². The first kappa shape index (κ1) is 15.4. The highest BCUT2D eigenvalue weighted by Crippen LogP contribution is 2.20. The van der Waals surface area contributed by atoms with Gasteiger partial charge in [-0.2, -0.15) is 0 Å². The molecule has 0 spiro atoms. The van der Waals surface area contributed by atoms with Crippen LogP contribution >= 0.6 is 0 Å². The van der Waals surface area contributed by atoms with E-state index in [2.05, 4.69) is 9.71 Å². The Kier molecular flexibility index (Phi) is 4.04. The number of carboxylic acids is 1. The topological polar surface area (TPSA) is 140 Å². The predicted molar refractivity (Wildman–Crippen MR) is 75.1 cm³/mol. The monoisotopic (exact) mass is 323 g/mol. The first-order valence-electron chi connectivity index (χ1n) is 5.76. The smallest absolute Gasteiger partial charge is 0.354 e. The number of nitrogens with one attached hydrogen (secondary N) is 1. The van der Waals surface area contributed by atoms with Gasteiger partial charge in [0.05, 0.1) is 15.5 Å². The molecule has 10 heteroatoms. The third-order valence-electron chi connectivity index (χ3n) is 2.57. The Balaban J connectivity index is 2.35.